The summed E-state index contributed by atoms with van der Waals surface area (Å²) in [4.78, 5) is 49.6. The molecule has 1 heterocycles. The van der Waals surface area contributed by atoms with E-state index in [2.05, 4.69) is 10.6 Å². The monoisotopic (exact) mass is 600 g/mol. The minimum atomic E-state index is -0.848. The highest BCUT2D eigenvalue weighted by atomic mass is 16.6. The predicted molar refractivity (Wildman–Crippen MR) is 172 cm³/mol. The standard InChI is InChI=1S/C35H28N4O6/c36-30(21-23-7-3-1-4-8-23)35(42)38-31-18-13-26(22-29(31)34(41)25-9-5-2-6-10-25)37-33(40)20-17-28-16-19-32(45-28)24-11-14-27(15-12-24)39(43)44/h1-20,22,30H,21,36H2,(H,37,40)(H,38,42)/b20-17+/t30-/m1/s1. The van der Waals surface area contributed by atoms with Crippen LogP contribution in [-0.4, -0.2) is 28.6 Å². The van der Waals surface area contributed by atoms with Gasteiger partial charge in [-0.25, -0.2) is 0 Å². The van der Waals surface area contributed by atoms with Crippen LogP contribution in [0, 0.1) is 10.1 Å². The van der Waals surface area contributed by atoms with Crippen molar-refractivity contribution in [1.82, 2.24) is 0 Å². The number of nitro groups is 1. The summed E-state index contributed by atoms with van der Waals surface area (Å²) in [5.41, 5.74) is 8.88. The van der Waals surface area contributed by atoms with Crippen molar-refractivity contribution in [3.63, 3.8) is 0 Å². The summed E-state index contributed by atoms with van der Waals surface area (Å²) < 4.78 is 5.75. The molecule has 10 nitrogen and oxygen atoms in total. The zero-order valence-electron chi connectivity index (χ0n) is 23.9. The molecule has 5 aromatic rings. The molecule has 1 atom stereocenters. The molecule has 0 saturated heterocycles. The number of carbonyl (C=O) groups is 3. The zero-order valence-corrected chi connectivity index (χ0v) is 23.9. The van der Waals surface area contributed by atoms with E-state index >= 15 is 0 Å². The molecule has 5 rings (SSSR count). The van der Waals surface area contributed by atoms with Crippen LogP contribution in [0.2, 0.25) is 0 Å². The van der Waals surface area contributed by atoms with Crippen molar-refractivity contribution >= 4 is 40.7 Å². The predicted octanol–water partition coefficient (Wildman–Crippen LogP) is 6.25. The second kappa shape index (κ2) is 13.9. The summed E-state index contributed by atoms with van der Waals surface area (Å²) in [6.45, 7) is 0. The smallest absolute Gasteiger partial charge is 0.269 e. The van der Waals surface area contributed by atoms with E-state index in [4.69, 9.17) is 10.2 Å². The molecule has 0 unspecified atom stereocenters. The van der Waals surface area contributed by atoms with Gasteiger partial charge in [0.2, 0.25) is 11.8 Å². The van der Waals surface area contributed by atoms with Gasteiger partial charge in [0.1, 0.15) is 11.5 Å². The first-order valence-corrected chi connectivity index (χ1v) is 13.9. The molecule has 0 aliphatic heterocycles. The van der Waals surface area contributed by atoms with Crippen LogP contribution < -0.4 is 16.4 Å². The van der Waals surface area contributed by atoms with Crippen molar-refractivity contribution in [3.8, 4) is 11.3 Å². The lowest BCUT2D eigenvalue weighted by molar-refractivity contribution is -0.384. The lowest BCUT2D eigenvalue weighted by Gasteiger charge is -2.16. The molecule has 45 heavy (non-hydrogen) atoms. The summed E-state index contributed by atoms with van der Waals surface area (Å²) in [5, 5.41) is 16.4. The number of nitrogens with two attached hydrogens (primary N) is 1. The molecule has 0 saturated carbocycles. The Hall–Kier alpha value is -6.13. The van der Waals surface area contributed by atoms with Gasteiger partial charge in [-0.3, -0.25) is 24.5 Å². The van der Waals surface area contributed by atoms with Gasteiger partial charge in [-0.2, -0.15) is 0 Å². The lowest BCUT2D eigenvalue weighted by atomic mass is 10.00. The number of anilines is 2. The highest BCUT2D eigenvalue weighted by Crippen LogP contribution is 2.26. The molecular formula is C35H28N4O6. The van der Waals surface area contributed by atoms with Gasteiger partial charge in [0.05, 0.1) is 16.7 Å². The number of furan rings is 1. The van der Waals surface area contributed by atoms with Crippen LogP contribution in [-0.2, 0) is 16.0 Å². The molecule has 0 radical (unpaired) electrons. The Kier molecular flexibility index (Phi) is 9.37. The van der Waals surface area contributed by atoms with Gasteiger partial charge in [-0.15, -0.1) is 0 Å². The Morgan fingerprint density at radius 2 is 1.53 bits per heavy atom. The molecule has 0 aliphatic rings. The SMILES string of the molecule is N[C@H](Cc1ccccc1)C(=O)Nc1ccc(NC(=O)/C=C/c2ccc(-c3ccc([N+](=O)[O-])cc3)o2)cc1C(=O)c1ccccc1. The number of non-ortho nitro benzene ring substituents is 1. The van der Waals surface area contributed by atoms with Crippen LogP contribution in [0.1, 0.15) is 27.2 Å². The summed E-state index contributed by atoms with van der Waals surface area (Å²) in [5.74, 6) is -0.405. The van der Waals surface area contributed by atoms with E-state index in [0.29, 0.717) is 34.8 Å². The molecule has 4 aromatic carbocycles. The Bertz CT molecular complexity index is 1870. The van der Waals surface area contributed by atoms with Crippen LogP contribution in [0.15, 0.2) is 126 Å². The summed E-state index contributed by atoms with van der Waals surface area (Å²) in [6.07, 6.45) is 3.07. The Morgan fingerprint density at radius 3 is 2.22 bits per heavy atom. The maximum absolute atomic E-state index is 13.5. The van der Waals surface area contributed by atoms with Crippen molar-refractivity contribution in [2.24, 2.45) is 5.73 Å². The maximum atomic E-state index is 13.5. The Labute approximate surface area is 258 Å². The third-order valence-electron chi connectivity index (χ3n) is 6.85. The van der Waals surface area contributed by atoms with Crippen LogP contribution in [0.4, 0.5) is 17.1 Å². The normalized spacial score (nSPS) is 11.6. The number of ketones is 1. The van der Waals surface area contributed by atoms with E-state index in [0.717, 1.165) is 5.56 Å². The molecule has 4 N–H and O–H groups in total. The number of carbonyl (C=O) groups excluding carboxylic acids is 3. The molecule has 0 bridgehead atoms. The van der Waals surface area contributed by atoms with Gasteiger partial charge in [-0.1, -0.05) is 60.7 Å². The maximum Gasteiger partial charge on any atom is 0.269 e. The first kappa shape index (κ1) is 30.3. The van der Waals surface area contributed by atoms with Gasteiger partial charge < -0.3 is 20.8 Å². The Morgan fingerprint density at radius 1 is 0.844 bits per heavy atom. The fourth-order valence-electron chi connectivity index (χ4n) is 4.54. The number of hydrogen-bond acceptors (Lipinski definition) is 7. The number of amides is 2. The van der Waals surface area contributed by atoms with Crippen molar-refractivity contribution in [2.45, 2.75) is 12.5 Å². The van der Waals surface area contributed by atoms with Crippen molar-refractivity contribution in [2.75, 3.05) is 10.6 Å². The van der Waals surface area contributed by atoms with Gasteiger partial charge >= 0.3 is 0 Å². The summed E-state index contributed by atoms with van der Waals surface area (Å²) in [6, 6.07) is 31.0. The second-order valence-electron chi connectivity index (χ2n) is 10.1. The lowest BCUT2D eigenvalue weighted by Crippen LogP contribution is -2.37. The molecule has 10 heteroatoms. The third-order valence-corrected chi connectivity index (χ3v) is 6.85. The summed E-state index contributed by atoms with van der Waals surface area (Å²) in [7, 11) is 0. The third kappa shape index (κ3) is 7.83. The quantitative estimate of drug-likeness (QED) is 0.0700. The fraction of sp³-hybridized carbons (Fsp3) is 0.0571. The second-order valence-corrected chi connectivity index (χ2v) is 10.1. The van der Waals surface area contributed by atoms with Crippen molar-refractivity contribution < 1.29 is 23.7 Å². The van der Waals surface area contributed by atoms with Crippen LogP contribution in [0.3, 0.4) is 0 Å². The average Bonchev–Trinajstić information content (AvgIpc) is 3.54. The molecular weight excluding hydrogens is 572 g/mol. The van der Waals surface area contributed by atoms with Gasteiger partial charge in [0, 0.05) is 40.6 Å². The molecule has 0 fully saturated rings. The highest BCUT2D eigenvalue weighted by molar-refractivity contribution is 6.15. The first-order chi connectivity index (χ1) is 21.8. The Balaban J connectivity index is 1.30. The van der Waals surface area contributed by atoms with E-state index in [-0.39, 0.29) is 22.7 Å². The van der Waals surface area contributed by atoms with E-state index in [1.807, 2.05) is 30.3 Å². The van der Waals surface area contributed by atoms with Crippen LogP contribution >= 0.6 is 0 Å². The van der Waals surface area contributed by atoms with Gasteiger partial charge in [0.25, 0.3) is 5.69 Å². The molecule has 224 valence electrons. The highest BCUT2D eigenvalue weighted by Gasteiger charge is 2.20. The fourth-order valence-corrected chi connectivity index (χ4v) is 4.54. The molecule has 0 aliphatic carbocycles. The van der Waals surface area contributed by atoms with Crippen molar-refractivity contribution in [3.05, 3.63) is 154 Å². The van der Waals surface area contributed by atoms with Gasteiger partial charge in [-0.05, 0) is 60.5 Å². The molecule has 0 spiro atoms. The van der Waals surface area contributed by atoms with Crippen LogP contribution in [0.25, 0.3) is 17.4 Å². The number of rotatable bonds is 11. The van der Waals surface area contributed by atoms with E-state index < -0.39 is 22.8 Å². The minimum Gasteiger partial charge on any atom is -0.457 e. The van der Waals surface area contributed by atoms with Gasteiger partial charge in [0.15, 0.2) is 5.78 Å². The van der Waals surface area contributed by atoms with E-state index in [1.165, 1.54) is 30.4 Å². The number of nitro benzene ring substituents is 1. The largest absolute Gasteiger partial charge is 0.457 e. The molecule has 1 aromatic heterocycles. The average molecular weight is 601 g/mol. The number of nitrogens with one attached hydrogen (secondary N) is 2. The minimum absolute atomic E-state index is 0.0298. The van der Waals surface area contributed by atoms with E-state index in [1.54, 1.807) is 66.7 Å². The topological polar surface area (TPSA) is 158 Å². The number of benzene rings is 4. The number of nitrogens with zero attached hydrogens (tertiary/aromatic N) is 1. The van der Waals surface area contributed by atoms with Crippen molar-refractivity contribution in [1.29, 1.82) is 0 Å². The molecule has 2 amide bonds. The van der Waals surface area contributed by atoms with Crippen LogP contribution in [0.5, 0.6) is 0 Å². The summed E-state index contributed by atoms with van der Waals surface area (Å²) >= 11 is 0. The first-order valence-electron chi connectivity index (χ1n) is 13.9. The number of hydrogen-bond donors (Lipinski definition) is 3. The van der Waals surface area contributed by atoms with E-state index in [9.17, 15) is 24.5 Å². The zero-order chi connectivity index (χ0) is 31.8.